The van der Waals surface area contributed by atoms with Crippen molar-refractivity contribution in [1.82, 2.24) is 9.47 Å². The minimum Gasteiger partial charge on any atom is -0.481 e. The Morgan fingerprint density at radius 3 is 2.54 bits per heavy atom. The van der Waals surface area contributed by atoms with Gasteiger partial charge in [0.25, 0.3) is 11.5 Å². The van der Waals surface area contributed by atoms with Gasteiger partial charge in [0.15, 0.2) is 0 Å². The van der Waals surface area contributed by atoms with Crippen molar-refractivity contribution in [3.05, 3.63) is 33.2 Å². The van der Waals surface area contributed by atoms with Gasteiger partial charge in [-0.05, 0) is 51.2 Å². The van der Waals surface area contributed by atoms with E-state index in [-0.39, 0.29) is 29.1 Å². The number of carbonyl (C=O) groups is 2. The van der Waals surface area contributed by atoms with Gasteiger partial charge in [-0.3, -0.25) is 14.4 Å². The van der Waals surface area contributed by atoms with Crippen LogP contribution in [0.5, 0.6) is 0 Å². The first kappa shape index (κ1) is 16.7. The van der Waals surface area contributed by atoms with E-state index in [9.17, 15) is 19.5 Å². The van der Waals surface area contributed by atoms with Gasteiger partial charge in [0.1, 0.15) is 5.56 Å². The first-order valence-electron chi connectivity index (χ1n) is 8.48. The van der Waals surface area contributed by atoms with Gasteiger partial charge in [-0.15, -0.1) is 0 Å². The Morgan fingerprint density at radius 2 is 2.00 bits per heavy atom. The van der Waals surface area contributed by atoms with Crippen molar-refractivity contribution in [3.8, 4) is 0 Å². The molecule has 24 heavy (non-hydrogen) atoms. The molecule has 1 N–H and O–H groups in total. The molecule has 2 aliphatic heterocycles. The third-order valence-corrected chi connectivity index (χ3v) is 6.11. The van der Waals surface area contributed by atoms with E-state index < -0.39 is 11.4 Å². The van der Waals surface area contributed by atoms with E-state index in [0.29, 0.717) is 24.8 Å². The Balaban J connectivity index is 2.06. The van der Waals surface area contributed by atoms with Crippen molar-refractivity contribution in [2.45, 2.75) is 58.5 Å². The molecule has 130 valence electrons. The maximum absolute atomic E-state index is 13.2. The van der Waals surface area contributed by atoms with Crippen LogP contribution in [0.15, 0.2) is 10.9 Å². The van der Waals surface area contributed by atoms with E-state index in [1.807, 2.05) is 19.9 Å². The second-order valence-corrected chi connectivity index (χ2v) is 7.19. The Hall–Kier alpha value is -2.11. The zero-order chi connectivity index (χ0) is 17.8. The number of hydrogen-bond donors (Lipinski definition) is 1. The first-order valence-corrected chi connectivity index (χ1v) is 8.48. The number of hydrogen-bond acceptors (Lipinski definition) is 3. The fraction of sp³-hybridized carbons (Fsp3) is 0.611. The highest BCUT2D eigenvalue weighted by molar-refractivity contribution is 5.97. The highest BCUT2D eigenvalue weighted by atomic mass is 16.4. The summed E-state index contributed by atoms with van der Waals surface area (Å²) in [6.07, 6.45) is 2.50. The summed E-state index contributed by atoms with van der Waals surface area (Å²) in [5.41, 5.74) is 0.456. The number of carboxylic acid groups (broad SMARTS) is 1. The number of carboxylic acids is 1. The van der Waals surface area contributed by atoms with Gasteiger partial charge in [0.2, 0.25) is 0 Å². The largest absolute Gasteiger partial charge is 0.481 e. The van der Waals surface area contributed by atoms with Gasteiger partial charge in [-0.25, -0.2) is 0 Å². The predicted octanol–water partition coefficient (Wildman–Crippen LogP) is 1.86. The summed E-state index contributed by atoms with van der Waals surface area (Å²) in [7, 11) is 1.65. The summed E-state index contributed by atoms with van der Waals surface area (Å²) in [5.74, 6) is -1.14. The molecule has 3 rings (SSSR count). The summed E-state index contributed by atoms with van der Waals surface area (Å²) < 4.78 is 1.47. The van der Waals surface area contributed by atoms with E-state index in [4.69, 9.17) is 0 Å². The average Bonchev–Trinajstić information content (AvgIpc) is 3.08. The minimum atomic E-state index is -0.873. The molecule has 2 saturated heterocycles. The molecule has 6 nitrogen and oxygen atoms in total. The second kappa shape index (κ2) is 5.46. The first-order chi connectivity index (χ1) is 11.2. The third kappa shape index (κ3) is 2.05. The van der Waals surface area contributed by atoms with Crippen LogP contribution >= 0.6 is 0 Å². The van der Waals surface area contributed by atoms with Gasteiger partial charge in [0, 0.05) is 24.8 Å². The zero-order valence-corrected chi connectivity index (χ0v) is 14.6. The Labute approximate surface area is 141 Å². The van der Waals surface area contributed by atoms with Crippen LogP contribution < -0.4 is 5.56 Å². The number of carbonyl (C=O) groups excluding carboxylic acids is 1. The lowest BCUT2D eigenvalue weighted by Gasteiger charge is -2.32. The van der Waals surface area contributed by atoms with Gasteiger partial charge < -0.3 is 14.6 Å². The molecular formula is C18H24N2O4. The van der Waals surface area contributed by atoms with Crippen molar-refractivity contribution in [2.75, 3.05) is 0 Å². The van der Waals surface area contributed by atoms with Crippen molar-refractivity contribution < 1.29 is 14.7 Å². The lowest BCUT2D eigenvalue weighted by Crippen LogP contribution is -2.46. The van der Waals surface area contributed by atoms with Crippen LogP contribution in [-0.4, -0.2) is 38.5 Å². The maximum atomic E-state index is 13.2. The molecule has 0 aliphatic carbocycles. The monoisotopic (exact) mass is 332 g/mol. The summed E-state index contributed by atoms with van der Waals surface area (Å²) in [6, 6.07) is 1.43. The Kier molecular flexibility index (Phi) is 3.81. The van der Waals surface area contributed by atoms with Gasteiger partial charge in [0.05, 0.1) is 5.41 Å². The average molecular weight is 332 g/mol. The molecule has 2 fully saturated rings. The number of amides is 1. The number of aryl methyl sites for hydroxylation is 2. The highest BCUT2D eigenvalue weighted by Crippen LogP contribution is 2.52. The number of fused-ring (bicyclic) bond motifs is 2. The van der Waals surface area contributed by atoms with Gasteiger partial charge in [-0.1, -0.05) is 6.92 Å². The summed E-state index contributed by atoms with van der Waals surface area (Å²) in [4.78, 5) is 39.3. The van der Waals surface area contributed by atoms with Crippen LogP contribution in [0.1, 0.15) is 54.2 Å². The highest BCUT2D eigenvalue weighted by Gasteiger charge is 2.60. The van der Waals surface area contributed by atoms with E-state index in [1.54, 1.807) is 18.9 Å². The third-order valence-electron chi connectivity index (χ3n) is 6.11. The van der Waals surface area contributed by atoms with Crippen LogP contribution in [0.4, 0.5) is 0 Å². The number of aliphatic carboxylic acids is 1. The number of aromatic nitrogens is 1. The Morgan fingerprint density at radius 1 is 1.33 bits per heavy atom. The van der Waals surface area contributed by atoms with Crippen molar-refractivity contribution in [2.24, 2.45) is 12.5 Å². The van der Waals surface area contributed by atoms with E-state index in [2.05, 4.69) is 0 Å². The molecule has 1 amide bonds. The molecule has 2 bridgehead atoms. The molecule has 3 atom stereocenters. The van der Waals surface area contributed by atoms with Crippen LogP contribution in [0.2, 0.25) is 0 Å². The van der Waals surface area contributed by atoms with Crippen LogP contribution in [0.3, 0.4) is 0 Å². The smallest absolute Gasteiger partial charge is 0.311 e. The van der Waals surface area contributed by atoms with E-state index in [1.165, 1.54) is 4.57 Å². The van der Waals surface area contributed by atoms with E-state index >= 15 is 0 Å². The summed E-state index contributed by atoms with van der Waals surface area (Å²) >= 11 is 0. The fourth-order valence-corrected chi connectivity index (χ4v) is 4.62. The number of pyridine rings is 1. The molecule has 6 heteroatoms. The van der Waals surface area contributed by atoms with E-state index in [0.717, 1.165) is 12.1 Å². The van der Waals surface area contributed by atoms with Crippen LogP contribution in [-0.2, 0) is 11.8 Å². The number of nitrogens with zero attached hydrogens (tertiary/aromatic N) is 2. The summed E-state index contributed by atoms with van der Waals surface area (Å²) in [6.45, 7) is 5.46. The van der Waals surface area contributed by atoms with Gasteiger partial charge in [-0.2, -0.15) is 0 Å². The molecule has 3 heterocycles. The molecule has 0 aromatic carbocycles. The SMILES string of the molecule is CC[C@@]1(C(=O)O)C[C@@H]2CC[C@H]1N2C(=O)c1c(C)cc(C)n(C)c1=O. The molecule has 0 spiro atoms. The second-order valence-electron chi connectivity index (χ2n) is 7.19. The van der Waals surface area contributed by atoms with Crippen molar-refractivity contribution in [3.63, 3.8) is 0 Å². The molecule has 2 aliphatic rings. The topological polar surface area (TPSA) is 79.6 Å². The normalized spacial score (nSPS) is 28.4. The maximum Gasteiger partial charge on any atom is 0.311 e. The molecule has 1 aromatic rings. The Bertz CT molecular complexity index is 782. The molecule has 1 aromatic heterocycles. The standard InChI is InChI=1S/C18H24N2O4/c1-5-18(17(23)24)9-12-6-7-13(18)20(12)16(22)14-10(2)8-11(3)19(4)15(14)21/h8,12-13H,5-7,9H2,1-4H3,(H,23,24)/t12-,13+,18+/m0/s1. The van der Waals surface area contributed by atoms with Crippen molar-refractivity contribution in [1.29, 1.82) is 0 Å². The molecule has 0 saturated carbocycles. The molecule has 0 unspecified atom stereocenters. The molecular weight excluding hydrogens is 308 g/mol. The van der Waals surface area contributed by atoms with Gasteiger partial charge >= 0.3 is 5.97 Å². The van der Waals surface area contributed by atoms with Crippen LogP contribution in [0, 0.1) is 19.3 Å². The zero-order valence-electron chi connectivity index (χ0n) is 14.6. The number of rotatable bonds is 3. The molecule has 0 radical (unpaired) electrons. The quantitative estimate of drug-likeness (QED) is 0.916. The predicted molar refractivity (Wildman–Crippen MR) is 89.1 cm³/mol. The van der Waals surface area contributed by atoms with Crippen molar-refractivity contribution >= 4 is 11.9 Å². The lowest BCUT2D eigenvalue weighted by atomic mass is 9.72. The fourth-order valence-electron chi connectivity index (χ4n) is 4.62. The lowest BCUT2D eigenvalue weighted by molar-refractivity contribution is -0.151. The van der Waals surface area contributed by atoms with Crippen LogP contribution in [0.25, 0.3) is 0 Å². The summed E-state index contributed by atoms with van der Waals surface area (Å²) in [5, 5.41) is 9.74. The minimum absolute atomic E-state index is 0.0797.